The van der Waals surface area contributed by atoms with Gasteiger partial charge in [-0.05, 0) is 24.1 Å². The molecule has 0 atom stereocenters. The van der Waals surface area contributed by atoms with Crippen molar-refractivity contribution in [3.63, 3.8) is 0 Å². The molecule has 0 unspecified atom stereocenters. The van der Waals surface area contributed by atoms with Crippen molar-refractivity contribution in [2.24, 2.45) is 0 Å². The van der Waals surface area contributed by atoms with Gasteiger partial charge in [0.05, 0.1) is 20.1 Å². The highest BCUT2D eigenvalue weighted by Gasteiger charge is 2.03. The van der Waals surface area contributed by atoms with E-state index in [-0.39, 0.29) is 5.97 Å². The van der Waals surface area contributed by atoms with Gasteiger partial charge in [0.1, 0.15) is 5.75 Å². The van der Waals surface area contributed by atoms with Crippen LogP contribution in [0.2, 0.25) is 0 Å². The summed E-state index contributed by atoms with van der Waals surface area (Å²) in [4.78, 5) is 11.3. The van der Waals surface area contributed by atoms with Gasteiger partial charge in [-0.2, -0.15) is 0 Å². The van der Waals surface area contributed by atoms with Gasteiger partial charge < -0.3 is 9.47 Å². The average molecular weight is 306 g/mol. The van der Waals surface area contributed by atoms with Crippen LogP contribution in [0.5, 0.6) is 5.75 Å². The summed E-state index contributed by atoms with van der Waals surface area (Å²) in [5.41, 5.74) is 0.931. The van der Waals surface area contributed by atoms with Crippen LogP contribution in [0.4, 0.5) is 0 Å². The van der Waals surface area contributed by atoms with Gasteiger partial charge in [0, 0.05) is 0 Å². The number of carbonyl (C=O) groups is 1. The molecule has 0 amide bonds. The van der Waals surface area contributed by atoms with Crippen molar-refractivity contribution in [1.82, 2.24) is 0 Å². The highest BCUT2D eigenvalue weighted by molar-refractivity contribution is 5.72. The van der Waals surface area contributed by atoms with E-state index in [1.54, 1.807) is 0 Å². The Kier molecular flexibility index (Phi) is 10.2. The maximum atomic E-state index is 11.3. The Morgan fingerprint density at radius 3 is 2.36 bits per heavy atom. The van der Waals surface area contributed by atoms with E-state index in [1.807, 2.05) is 24.3 Å². The maximum Gasteiger partial charge on any atom is 0.309 e. The van der Waals surface area contributed by atoms with E-state index in [0.29, 0.717) is 6.42 Å². The van der Waals surface area contributed by atoms with Gasteiger partial charge in [0.2, 0.25) is 0 Å². The summed E-state index contributed by atoms with van der Waals surface area (Å²) < 4.78 is 10.4. The van der Waals surface area contributed by atoms with Crippen LogP contribution in [0.3, 0.4) is 0 Å². The van der Waals surface area contributed by atoms with E-state index < -0.39 is 0 Å². The van der Waals surface area contributed by atoms with Crippen molar-refractivity contribution in [1.29, 1.82) is 0 Å². The quantitative estimate of drug-likeness (QED) is 0.406. The molecule has 3 nitrogen and oxygen atoms in total. The third kappa shape index (κ3) is 8.71. The molecule has 3 heteroatoms. The molecular weight excluding hydrogens is 276 g/mol. The Hall–Kier alpha value is -1.51. The lowest BCUT2D eigenvalue weighted by molar-refractivity contribution is -0.139. The number of ether oxygens (including phenoxy) is 2. The summed E-state index contributed by atoms with van der Waals surface area (Å²) >= 11 is 0. The van der Waals surface area contributed by atoms with Gasteiger partial charge in [-0.3, -0.25) is 4.79 Å². The Morgan fingerprint density at radius 2 is 1.68 bits per heavy atom. The van der Waals surface area contributed by atoms with Crippen molar-refractivity contribution in [2.45, 2.75) is 64.7 Å². The van der Waals surface area contributed by atoms with Gasteiger partial charge >= 0.3 is 5.97 Å². The number of benzene rings is 1. The maximum absolute atomic E-state index is 11.3. The summed E-state index contributed by atoms with van der Waals surface area (Å²) in [6.07, 6.45) is 10.7. The molecular formula is C19H30O3. The second-order valence-corrected chi connectivity index (χ2v) is 5.72. The molecule has 0 aliphatic carbocycles. The summed E-state index contributed by atoms with van der Waals surface area (Å²) in [6, 6.07) is 7.69. The fourth-order valence-electron chi connectivity index (χ4n) is 2.41. The second kappa shape index (κ2) is 12.1. The lowest BCUT2D eigenvalue weighted by atomic mass is 10.1. The molecule has 22 heavy (non-hydrogen) atoms. The first-order valence-corrected chi connectivity index (χ1v) is 8.54. The molecule has 1 rings (SSSR count). The van der Waals surface area contributed by atoms with Crippen LogP contribution in [0.15, 0.2) is 24.3 Å². The molecule has 0 spiro atoms. The normalized spacial score (nSPS) is 10.5. The van der Waals surface area contributed by atoms with Crippen LogP contribution in [0.1, 0.15) is 63.9 Å². The summed E-state index contributed by atoms with van der Waals surface area (Å²) in [5, 5.41) is 0. The van der Waals surface area contributed by atoms with Crippen molar-refractivity contribution in [3.05, 3.63) is 29.8 Å². The molecule has 0 aliphatic rings. The average Bonchev–Trinajstić information content (AvgIpc) is 2.53. The number of esters is 1. The SMILES string of the molecule is CCCCCCCCCCOc1cccc(CC(=O)OC)c1. The van der Waals surface area contributed by atoms with Gasteiger partial charge in [-0.1, -0.05) is 64.0 Å². The van der Waals surface area contributed by atoms with Crippen molar-refractivity contribution >= 4 is 5.97 Å². The third-order valence-corrected chi connectivity index (χ3v) is 3.74. The minimum absolute atomic E-state index is 0.222. The molecule has 0 N–H and O–H groups in total. The summed E-state index contributed by atoms with van der Waals surface area (Å²) in [6.45, 7) is 2.99. The van der Waals surface area contributed by atoms with Crippen molar-refractivity contribution < 1.29 is 14.3 Å². The highest BCUT2D eigenvalue weighted by Crippen LogP contribution is 2.15. The third-order valence-electron chi connectivity index (χ3n) is 3.74. The minimum atomic E-state index is -0.222. The molecule has 0 aromatic heterocycles. The van der Waals surface area contributed by atoms with Gasteiger partial charge in [0.15, 0.2) is 0 Å². The van der Waals surface area contributed by atoms with E-state index in [9.17, 15) is 4.79 Å². The summed E-state index contributed by atoms with van der Waals surface area (Å²) in [5.74, 6) is 0.615. The zero-order chi connectivity index (χ0) is 16.0. The first kappa shape index (κ1) is 18.5. The first-order valence-electron chi connectivity index (χ1n) is 8.54. The molecule has 0 bridgehead atoms. The lowest BCUT2D eigenvalue weighted by Crippen LogP contribution is -2.04. The second-order valence-electron chi connectivity index (χ2n) is 5.72. The molecule has 0 saturated carbocycles. The number of hydrogen-bond donors (Lipinski definition) is 0. The number of carbonyl (C=O) groups excluding carboxylic acids is 1. The molecule has 0 heterocycles. The molecule has 0 aliphatic heterocycles. The standard InChI is InChI=1S/C19H30O3/c1-3-4-5-6-7-8-9-10-14-22-18-13-11-12-17(15-18)16-19(20)21-2/h11-13,15H,3-10,14,16H2,1-2H3. The lowest BCUT2D eigenvalue weighted by Gasteiger charge is -2.08. The number of rotatable bonds is 12. The van der Waals surface area contributed by atoms with E-state index in [0.717, 1.165) is 24.3 Å². The van der Waals surface area contributed by atoms with Gasteiger partial charge in [-0.25, -0.2) is 0 Å². The molecule has 1 aromatic carbocycles. The largest absolute Gasteiger partial charge is 0.494 e. The smallest absolute Gasteiger partial charge is 0.309 e. The highest BCUT2D eigenvalue weighted by atomic mass is 16.5. The number of hydrogen-bond acceptors (Lipinski definition) is 3. The topological polar surface area (TPSA) is 35.5 Å². The van der Waals surface area contributed by atoms with Gasteiger partial charge in [-0.15, -0.1) is 0 Å². The number of unbranched alkanes of at least 4 members (excludes halogenated alkanes) is 7. The zero-order valence-corrected chi connectivity index (χ0v) is 14.1. The molecule has 0 saturated heterocycles. The summed E-state index contributed by atoms with van der Waals surface area (Å²) in [7, 11) is 1.41. The molecule has 0 radical (unpaired) electrons. The van der Waals surface area contributed by atoms with Gasteiger partial charge in [0.25, 0.3) is 0 Å². The molecule has 1 aromatic rings. The van der Waals surface area contributed by atoms with Crippen LogP contribution < -0.4 is 4.74 Å². The monoisotopic (exact) mass is 306 g/mol. The predicted molar refractivity (Wildman–Crippen MR) is 90.3 cm³/mol. The van der Waals surface area contributed by atoms with Crippen LogP contribution >= 0.6 is 0 Å². The first-order chi connectivity index (χ1) is 10.8. The fourth-order valence-corrected chi connectivity index (χ4v) is 2.41. The van der Waals surface area contributed by atoms with Crippen molar-refractivity contribution in [2.75, 3.05) is 13.7 Å². The molecule has 124 valence electrons. The van der Waals surface area contributed by atoms with Crippen LogP contribution in [0.25, 0.3) is 0 Å². The predicted octanol–water partition coefficient (Wildman–Crippen LogP) is 4.92. The Balaban J connectivity index is 2.12. The van der Waals surface area contributed by atoms with Crippen LogP contribution in [0, 0.1) is 0 Å². The van der Waals surface area contributed by atoms with E-state index in [1.165, 1.54) is 52.1 Å². The Labute approximate surface area is 135 Å². The van der Waals surface area contributed by atoms with E-state index in [2.05, 4.69) is 11.7 Å². The van der Waals surface area contributed by atoms with Crippen LogP contribution in [-0.4, -0.2) is 19.7 Å². The molecule has 0 fully saturated rings. The van der Waals surface area contributed by atoms with E-state index >= 15 is 0 Å². The fraction of sp³-hybridized carbons (Fsp3) is 0.632. The Morgan fingerprint density at radius 1 is 1.00 bits per heavy atom. The van der Waals surface area contributed by atoms with Crippen molar-refractivity contribution in [3.8, 4) is 5.75 Å². The van der Waals surface area contributed by atoms with Crippen LogP contribution in [-0.2, 0) is 16.0 Å². The zero-order valence-electron chi connectivity index (χ0n) is 14.1. The van der Waals surface area contributed by atoms with E-state index in [4.69, 9.17) is 4.74 Å². The Bertz CT molecular complexity index is 415. The number of methoxy groups -OCH3 is 1. The minimum Gasteiger partial charge on any atom is -0.494 e.